The highest BCUT2D eigenvalue weighted by atomic mass is 32.2. The number of likely N-dealkylation sites (N-methyl/N-ethyl adjacent to an activating group) is 1. The number of carboxylic acid groups (broad SMARTS) is 1. The standard InChI is InChI=1S/C11H17N5O3S/c1-11(2,9(18)19)15(3)8(17)6-20-10-12-13-14-16(10)7-4-5-7/h7H,4-6H2,1-3H3,(H,18,19). The lowest BCUT2D eigenvalue weighted by atomic mass is 10.0. The van der Waals surface area contributed by atoms with E-state index in [0.717, 1.165) is 12.8 Å². The molecule has 1 saturated carbocycles. The van der Waals surface area contributed by atoms with Gasteiger partial charge in [-0.15, -0.1) is 5.10 Å². The Morgan fingerprint density at radius 2 is 2.15 bits per heavy atom. The van der Waals surface area contributed by atoms with E-state index in [1.165, 1.54) is 37.6 Å². The molecule has 20 heavy (non-hydrogen) atoms. The second-order valence-electron chi connectivity index (χ2n) is 5.24. The first-order valence-corrected chi connectivity index (χ1v) is 7.23. The maximum atomic E-state index is 12.1. The van der Waals surface area contributed by atoms with Crippen LogP contribution < -0.4 is 0 Å². The number of amides is 1. The Labute approximate surface area is 120 Å². The molecule has 0 aliphatic heterocycles. The number of aromatic nitrogens is 4. The molecule has 1 heterocycles. The second-order valence-corrected chi connectivity index (χ2v) is 6.19. The van der Waals surface area contributed by atoms with Gasteiger partial charge in [-0.25, -0.2) is 9.48 Å². The molecule has 0 bridgehead atoms. The Hall–Kier alpha value is -1.64. The minimum atomic E-state index is -1.24. The van der Waals surface area contributed by atoms with Gasteiger partial charge < -0.3 is 10.0 Å². The van der Waals surface area contributed by atoms with E-state index in [1.807, 2.05) is 0 Å². The minimum absolute atomic E-state index is 0.111. The Morgan fingerprint density at radius 1 is 1.50 bits per heavy atom. The lowest BCUT2D eigenvalue weighted by molar-refractivity contribution is -0.154. The molecule has 1 aromatic rings. The SMILES string of the molecule is CN(C(=O)CSc1nnnn1C1CC1)C(C)(C)C(=O)O. The highest BCUT2D eigenvalue weighted by molar-refractivity contribution is 7.99. The minimum Gasteiger partial charge on any atom is -0.480 e. The van der Waals surface area contributed by atoms with Crippen LogP contribution in [0.5, 0.6) is 0 Å². The average Bonchev–Trinajstić information content (AvgIpc) is 3.13. The fraction of sp³-hybridized carbons (Fsp3) is 0.727. The Kier molecular flexibility index (Phi) is 3.98. The monoisotopic (exact) mass is 299 g/mol. The molecule has 110 valence electrons. The topological polar surface area (TPSA) is 101 Å². The van der Waals surface area contributed by atoms with Crippen LogP contribution in [-0.2, 0) is 9.59 Å². The molecule has 0 saturated heterocycles. The third kappa shape index (κ3) is 2.92. The molecule has 1 fully saturated rings. The number of thioether (sulfide) groups is 1. The molecule has 1 aliphatic carbocycles. The van der Waals surface area contributed by atoms with E-state index in [4.69, 9.17) is 5.11 Å². The van der Waals surface area contributed by atoms with Gasteiger partial charge in [-0.3, -0.25) is 4.79 Å². The van der Waals surface area contributed by atoms with Gasteiger partial charge in [-0.1, -0.05) is 11.8 Å². The van der Waals surface area contributed by atoms with Gasteiger partial charge in [0, 0.05) is 7.05 Å². The molecular formula is C11H17N5O3S. The maximum absolute atomic E-state index is 12.1. The molecule has 0 atom stereocenters. The first kappa shape index (κ1) is 14.8. The van der Waals surface area contributed by atoms with Gasteiger partial charge in [0.15, 0.2) is 0 Å². The Bertz CT molecular complexity index is 526. The Morgan fingerprint density at radius 3 is 2.70 bits per heavy atom. The van der Waals surface area contributed by atoms with Crippen molar-refractivity contribution in [2.24, 2.45) is 0 Å². The molecule has 1 aromatic heterocycles. The lowest BCUT2D eigenvalue weighted by Crippen LogP contribution is -2.51. The van der Waals surface area contributed by atoms with Gasteiger partial charge in [0.1, 0.15) is 5.54 Å². The van der Waals surface area contributed by atoms with Crippen molar-refractivity contribution in [1.82, 2.24) is 25.1 Å². The number of nitrogens with zero attached hydrogens (tertiary/aromatic N) is 5. The number of tetrazole rings is 1. The van der Waals surface area contributed by atoms with E-state index in [9.17, 15) is 9.59 Å². The number of carbonyl (C=O) groups is 2. The predicted octanol–water partition coefficient (Wildman–Crippen LogP) is 0.422. The molecule has 1 amide bonds. The van der Waals surface area contributed by atoms with E-state index >= 15 is 0 Å². The highest BCUT2D eigenvalue weighted by Gasteiger charge is 2.35. The van der Waals surface area contributed by atoms with Gasteiger partial charge in [-0.2, -0.15) is 0 Å². The summed E-state index contributed by atoms with van der Waals surface area (Å²) in [7, 11) is 1.49. The van der Waals surface area contributed by atoms with Crippen LogP contribution in [0, 0.1) is 0 Å². The lowest BCUT2D eigenvalue weighted by Gasteiger charge is -2.31. The molecule has 0 radical (unpaired) electrons. The third-order valence-electron chi connectivity index (χ3n) is 3.42. The maximum Gasteiger partial charge on any atom is 0.329 e. The van der Waals surface area contributed by atoms with E-state index in [-0.39, 0.29) is 11.7 Å². The van der Waals surface area contributed by atoms with E-state index in [1.54, 1.807) is 4.68 Å². The molecule has 2 rings (SSSR count). The van der Waals surface area contributed by atoms with Crippen LogP contribution in [0.3, 0.4) is 0 Å². The number of rotatable bonds is 6. The summed E-state index contributed by atoms with van der Waals surface area (Å²) in [5, 5.41) is 21.1. The van der Waals surface area contributed by atoms with Crippen molar-refractivity contribution in [3.8, 4) is 0 Å². The molecule has 0 aromatic carbocycles. The molecular weight excluding hydrogens is 282 g/mol. The molecule has 9 heteroatoms. The van der Waals surface area contributed by atoms with Gasteiger partial charge in [0.2, 0.25) is 11.1 Å². The quantitative estimate of drug-likeness (QED) is 0.760. The first-order chi connectivity index (χ1) is 9.34. The summed E-state index contributed by atoms with van der Waals surface area (Å²) in [6.07, 6.45) is 2.11. The zero-order valence-corrected chi connectivity index (χ0v) is 12.4. The molecule has 0 unspecified atom stereocenters. The summed E-state index contributed by atoms with van der Waals surface area (Å²) in [6, 6.07) is 0.343. The van der Waals surface area contributed by atoms with Gasteiger partial charge in [-0.05, 0) is 37.1 Å². The van der Waals surface area contributed by atoms with Crippen LogP contribution >= 0.6 is 11.8 Å². The average molecular weight is 299 g/mol. The smallest absolute Gasteiger partial charge is 0.329 e. The van der Waals surface area contributed by atoms with Crippen molar-refractivity contribution in [2.45, 2.75) is 43.4 Å². The van der Waals surface area contributed by atoms with Gasteiger partial charge in [0.05, 0.1) is 11.8 Å². The molecule has 1 N–H and O–H groups in total. The van der Waals surface area contributed by atoms with Crippen molar-refractivity contribution >= 4 is 23.6 Å². The molecule has 1 aliphatic rings. The normalized spacial score (nSPS) is 15.2. The fourth-order valence-electron chi connectivity index (χ4n) is 1.51. The summed E-state index contributed by atoms with van der Waals surface area (Å²) in [5.41, 5.74) is -1.24. The van der Waals surface area contributed by atoms with Gasteiger partial charge >= 0.3 is 5.97 Å². The van der Waals surface area contributed by atoms with Crippen LogP contribution in [-0.4, -0.2) is 60.4 Å². The summed E-state index contributed by atoms with van der Waals surface area (Å²) in [5.74, 6) is -1.20. The van der Waals surface area contributed by atoms with Crippen LogP contribution in [0.1, 0.15) is 32.7 Å². The number of aliphatic carboxylic acids is 1. The number of hydrogen-bond donors (Lipinski definition) is 1. The second kappa shape index (κ2) is 5.39. The highest BCUT2D eigenvalue weighted by Crippen LogP contribution is 2.36. The van der Waals surface area contributed by atoms with Gasteiger partial charge in [0.25, 0.3) is 0 Å². The fourth-order valence-corrected chi connectivity index (χ4v) is 2.37. The summed E-state index contributed by atoms with van der Waals surface area (Å²) in [6.45, 7) is 2.98. The number of carboxylic acids is 1. The Balaban J connectivity index is 1.95. The van der Waals surface area contributed by atoms with Crippen molar-refractivity contribution < 1.29 is 14.7 Å². The summed E-state index contributed by atoms with van der Waals surface area (Å²) >= 11 is 1.23. The first-order valence-electron chi connectivity index (χ1n) is 6.24. The molecule has 8 nitrogen and oxygen atoms in total. The zero-order chi connectivity index (χ0) is 14.9. The van der Waals surface area contributed by atoms with Crippen LogP contribution in [0.2, 0.25) is 0 Å². The van der Waals surface area contributed by atoms with Crippen LogP contribution in [0.4, 0.5) is 0 Å². The van der Waals surface area contributed by atoms with E-state index in [0.29, 0.717) is 11.2 Å². The third-order valence-corrected chi connectivity index (χ3v) is 4.33. The number of hydrogen-bond acceptors (Lipinski definition) is 6. The zero-order valence-electron chi connectivity index (χ0n) is 11.6. The van der Waals surface area contributed by atoms with Crippen molar-refractivity contribution in [3.05, 3.63) is 0 Å². The predicted molar refractivity (Wildman–Crippen MR) is 71.3 cm³/mol. The van der Waals surface area contributed by atoms with Crippen molar-refractivity contribution in [1.29, 1.82) is 0 Å². The summed E-state index contributed by atoms with van der Waals surface area (Å²) < 4.78 is 1.72. The molecule has 0 spiro atoms. The largest absolute Gasteiger partial charge is 0.480 e. The van der Waals surface area contributed by atoms with Crippen LogP contribution in [0.25, 0.3) is 0 Å². The van der Waals surface area contributed by atoms with Crippen molar-refractivity contribution in [3.63, 3.8) is 0 Å². The number of carbonyl (C=O) groups excluding carboxylic acids is 1. The van der Waals surface area contributed by atoms with E-state index in [2.05, 4.69) is 15.5 Å². The summed E-state index contributed by atoms with van der Waals surface area (Å²) in [4.78, 5) is 24.4. The van der Waals surface area contributed by atoms with Crippen LogP contribution in [0.15, 0.2) is 5.16 Å². The van der Waals surface area contributed by atoms with Crippen molar-refractivity contribution in [2.75, 3.05) is 12.8 Å². The van der Waals surface area contributed by atoms with E-state index < -0.39 is 11.5 Å².